The number of hydrogen-bond acceptors (Lipinski definition) is 4. The third kappa shape index (κ3) is 2.68. The molecule has 7 heteroatoms. The molecular weight excluding hydrogens is 264 g/mol. The predicted molar refractivity (Wildman–Crippen MR) is 72.9 cm³/mol. The van der Waals surface area contributed by atoms with Gasteiger partial charge in [0.1, 0.15) is 0 Å². The number of hydrogen-bond donors (Lipinski definition) is 2. The van der Waals surface area contributed by atoms with Crippen molar-refractivity contribution in [3.63, 3.8) is 0 Å². The molecule has 19 heavy (non-hydrogen) atoms. The van der Waals surface area contributed by atoms with Crippen molar-refractivity contribution in [2.24, 2.45) is 17.6 Å². The Balaban J connectivity index is 2.36. The summed E-state index contributed by atoms with van der Waals surface area (Å²) in [5.41, 5.74) is 6.94. The number of rotatable bonds is 3. The van der Waals surface area contributed by atoms with Crippen molar-refractivity contribution in [1.82, 2.24) is 14.5 Å². The molecule has 0 amide bonds. The van der Waals surface area contributed by atoms with Crippen molar-refractivity contribution in [1.29, 1.82) is 0 Å². The van der Waals surface area contributed by atoms with E-state index in [0.29, 0.717) is 30.5 Å². The van der Waals surface area contributed by atoms with Gasteiger partial charge in [-0.25, -0.2) is 8.42 Å². The second-order valence-electron chi connectivity index (χ2n) is 5.60. The molecule has 1 aliphatic rings. The second kappa shape index (κ2) is 5.22. The fourth-order valence-corrected chi connectivity index (χ4v) is 4.66. The highest BCUT2D eigenvalue weighted by Crippen LogP contribution is 2.27. The molecule has 1 saturated heterocycles. The van der Waals surface area contributed by atoms with Crippen LogP contribution in [-0.2, 0) is 16.6 Å². The maximum atomic E-state index is 12.7. The first-order valence-electron chi connectivity index (χ1n) is 6.60. The number of aryl methyl sites for hydroxylation is 1. The van der Waals surface area contributed by atoms with Crippen LogP contribution < -0.4 is 5.73 Å². The van der Waals surface area contributed by atoms with Crippen LogP contribution in [0.15, 0.2) is 5.03 Å². The molecular formula is C12H22N4O2S. The normalized spacial score (nSPS) is 25.7. The SMILES string of the molecule is Cc1[nH]nc(S(=O)(=O)N2CC(C)CC(C)C2)c1CN. The van der Waals surface area contributed by atoms with Gasteiger partial charge in [-0.05, 0) is 25.2 Å². The zero-order chi connectivity index (χ0) is 14.2. The Bertz CT molecular complexity index is 542. The molecule has 1 aromatic rings. The van der Waals surface area contributed by atoms with E-state index in [-0.39, 0.29) is 11.6 Å². The van der Waals surface area contributed by atoms with Crippen molar-refractivity contribution >= 4 is 10.0 Å². The van der Waals surface area contributed by atoms with Gasteiger partial charge < -0.3 is 5.73 Å². The minimum Gasteiger partial charge on any atom is -0.326 e. The van der Waals surface area contributed by atoms with E-state index in [4.69, 9.17) is 5.73 Å². The summed E-state index contributed by atoms with van der Waals surface area (Å²) < 4.78 is 26.9. The summed E-state index contributed by atoms with van der Waals surface area (Å²) in [6.07, 6.45) is 1.06. The molecule has 1 aromatic heterocycles. The van der Waals surface area contributed by atoms with Crippen molar-refractivity contribution in [2.75, 3.05) is 13.1 Å². The highest BCUT2D eigenvalue weighted by atomic mass is 32.2. The Morgan fingerprint density at radius 3 is 2.47 bits per heavy atom. The minimum absolute atomic E-state index is 0.0915. The van der Waals surface area contributed by atoms with Gasteiger partial charge in [0, 0.05) is 30.9 Å². The summed E-state index contributed by atoms with van der Waals surface area (Å²) in [6.45, 7) is 7.24. The minimum atomic E-state index is -3.54. The van der Waals surface area contributed by atoms with Crippen molar-refractivity contribution in [2.45, 2.75) is 38.8 Å². The van der Waals surface area contributed by atoms with Crippen LogP contribution in [0, 0.1) is 18.8 Å². The van der Waals surface area contributed by atoms with Crippen LogP contribution in [0.4, 0.5) is 0 Å². The molecule has 0 spiro atoms. The largest absolute Gasteiger partial charge is 0.326 e. The Morgan fingerprint density at radius 2 is 1.95 bits per heavy atom. The van der Waals surface area contributed by atoms with Crippen molar-refractivity contribution < 1.29 is 8.42 Å². The Kier molecular flexibility index (Phi) is 3.98. The lowest BCUT2D eigenvalue weighted by Crippen LogP contribution is -2.42. The van der Waals surface area contributed by atoms with Crippen LogP contribution in [-0.4, -0.2) is 36.0 Å². The molecule has 3 N–H and O–H groups in total. The van der Waals surface area contributed by atoms with Gasteiger partial charge in [-0.1, -0.05) is 13.8 Å². The molecule has 0 aromatic carbocycles. The number of nitrogens with one attached hydrogen (secondary N) is 1. The Morgan fingerprint density at radius 1 is 1.37 bits per heavy atom. The molecule has 0 radical (unpaired) electrons. The first-order chi connectivity index (χ1) is 8.86. The van der Waals surface area contributed by atoms with Gasteiger partial charge in [0.25, 0.3) is 10.0 Å². The number of H-pyrrole nitrogens is 1. The van der Waals surface area contributed by atoms with E-state index in [2.05, 4.69) is 24.0 Å². The highest BCUT2D eigenvalue weighted by molar-refractivity contribution is 7.89. The van der Waals surface area contributed by atoms with Gasteiger partial charge in [0.15, 0.2) is 5.03 Å². The molecule has 2 atom stereocenters. The maximum absolute atomic E-state index is 12.7. The number of nitrogens with two attached hydrogens (primary N) is 1. The van der Waals surface area contributed by atoms with Crippen molar-refractivity contribution in [3.8, 4) is 0 Å². The van der Waals surface area contributed by atoms with E-state index >= 15 is 0 Å². The Labute approximate surface area is 114 Å². The third-order valence-electron chi connectivity index (χ3n) is 3.66. The average molecular weight is 286 g/mol. The van der Waals surface area contributed by atoms with E-state index in [0.717, 1.165) is 12.1 Å². The molecule has 0 bridgehead atoms. The lowest BCUT2D eigenvalue weighted by Gasteiger charge is -2.33. The van der Waals surface area contributed by atoms with Crippen molar-refractivity contribution in [3.05, 3.63) is 11.3 Å². The van der Waals surface area contributed by atoms with E-state index < -0.39 is 10.0 Å². The first kappa shape index (κ1) is 14.5. The van der Waals surface area contributed by atoms with Gasteiger partial charge in [0.2, 0.25) is 0 Å². The molecule has 0 saturated carbocycles. The summed E-state index contributed by atoms with van der Waals surface area (Å²) in [4.78, 5) is 0. The van der Waals surface area contributed by atoms with E-state index in [1.807, 2.05) is 0 Å². The molecule has 1 fully saturated rings. The smallest absolute Gasteiger partial charge is 0.262 e. The lowest BCUT2D eigenvalue weighted by molar-refractivity contribution is 0.222. The molecule has 2 unspecified atom stereocenters. The fourth-order valence-electron chi connectivity index (χ4n) is 2.81. The van der Waals surface area contributed by atoms with Gasteiger partial charge >= 0.3 is 0 Å². The number of aromatic amines is 1. The standard InChI is InChI=1S/C12H22N4O2S/c1-8-4-9(2)7-16(6-8)19(17,18)12-11(5-13)10(3)14-15-12/h8-9H,4-7,13H2,1-3H3,(H,14,15). The lowest BCUT2D eigenvalue weighted by atomic mass is 9.94. The summed E-state index contributed by atoms with van der Waals surface area (Å²) in [5, 5.41) is 6.76. The van der Waals surface area contributed by atoms with Crippen LogP contribution in [0.3, 0.4) is 0 Å². The first-order valence-corrected chi connectivity index (χ1v) is 8.04. The van der Waals surface area contributed by atoms with Crippen LogP contribution in [0.5, 0.6) is 0 Å². The average Bonchev–Trinajstić information content (AvgIpc) is 2.69. The van der Waals surface area contributed by atoms with E-state index in [1.165, 1.54) is 0 Å². The van der Waals surface area contributed by atoms with Gasteiger partial charge in [-0.2, -0.15) is 9.40 Å². The van der Waals surface area contributed by atoms with E-state index in [1.54, 1.807) is 11.2 Å². The van der Waals surface area contributed by atoms with Crippen LogP contribution in [0.1, 0.15) is 31.5 Å². The maximum Gasteiger partial charge on any atom is 0.262 e. The van der Waals surface area contributed by atoms with Gasteiger partial charge in [0.05, 0.1) is 0 Å². The number of piperidine rings is 1. The highest BCUT2D eigenvalue weighted by Gasteiger charge is 2.34. The van der Waals surface area contributed by atoms with Gasteiger partial charge in [-0.15, -0.1) is 0 Å². The number of nitrogens with zero attached hydrogens (tertiary/aromatic N) is 2. The van der Waals surface area contributed by atoms with Crippen LogP contribution >= 0.6 is 0 Å². The molecule has 2 rings (SSSR count). The summed E-state index contributed by atoms with van der Waals surface area (Å²) in [5.74, 6) is 0.750. The third-order valence-corrected chi connectivity index (χ3v) is 5.46. The number of sulfonamides is 1. The zero-order valence-corrected chi connectivity index (χ0v) is 12.5. The predicted octanol–water partition coefficient (Wildman–Crippen LogP) is 0.843. The fraction of sp³-hybridized carbons (Fsp3) is 0.750. The quantitative estimate of drug-likeness (QED) is 0.861. The Hall–Kier alpha value is -0.920. The monoisotopic (exact) mass is 286 g/mol. The molecule has 0 aliphatic carbocycles. The topological polar surface area (TPSA) is 92.1 Å². The van der Waals surface area contributed by atoms with E-state index in [9.17, 15) is 8.42 Å². The number of aromatic nitrogens is 2. The molecule has 108 valence electrons. The summed E-state index contributed by atoms with van der Waals surface area (Å²) in [7, 11) is -3.54. The molecule has 2 heterocycles. The molecule has 1 aliphatic heterocycles. The summed E-state index contributed by atoms with van der Waals surface area (Å²) in [6, 6.07) is 0. The van der Waals surface area contributed by atoms with Crippen LogP contribution in [0.2, 0.25) is 0 Å². The molecule has 6 nitrogen and oxygen atoms in total. The second-order valence-corrected chi connectivity index (χ2v) is 7.46. The zero-order valence-electron chi connectivity index (χ0n) is 11.7. The van der Waals surface area contributed by atoms with Crippen LogP contribution in [0.25, 0.3) is 0 Å². The van der Waals surface area contributed by atoms with Gasteiger partial charge in [-0.3, -0.25) is 5.10 Å². The summed E-state index contributed by atoms with van der Waals surface area (Å²) >= 11 is 0.